The zero-order valence-electron chi connectivity index (χ0n) is 34.5. The number of carbonyl (C=O) groups excluding carboxylic acids is 1. The third-order valence-electron chi connectivity index (χ3n) is 8.92. The lowest BCUT2D eigenvalue weighted by molar-refractivity contribution is -0.870. The average Bonchev–Trinajstić information content (AvgIpc) is 3.09. The highest BCUT2D eigenvalue weighted by molar-refractivity contribution is 7.47. The minimum Gasteiger partial charge on any atom is -0.457 e. The molecule has 0 radical (unpaired) electrons. The van der Waals surface area contributed by atoms with Crippen LogP contribution in [-0.4, -0.2) is 75.6 Å². The molecule has 0 heterocycles. The standard InChI is InChI=1S/C43H82NO7P/c1-6-8-10-12-14-16-18-20-22-23-25-27-29-31-33-35-38-48-40-42(41-50-52(46,47)49-39-37-44(3,4)5)51-43(45)36-34-32-30-28-26-24-21-19-17-15-13-11-9-7-2/h14,16,19-22,42H,6-13,15,17-18,23-41H2,1-5H3/p+1/b16-14-,21-19-,22-20-. The molecule has 0 saturated carbocycles. The predicted octanol–water partition coefficient (Wildman–Crippen LogP) is 12.2. The lowest BCUT2D eigenvalue weighted by Crippen LogP contribution is -2.37. The number of esters is 1. The van der Waals surface area contributed by atoms with Crippen LogP contribution in [0.3, 0.4) is 0 Å². The summed E-state index contributed by atoms with van der Waals surface area (Å²) in [6.07, 6.45) is 41.7. The molecule has 0 aliphatic rings. The maximum atomic E-state index is 12.7. The summed E-state index contributed by atoms with van der Waals surface area (Å²) in [6, 6.07) is 0. The summed E-state index contributed by atoms with van der Waals surface area (Å²) < 4.78 is 34.9. The number of ether oxygens (including phenoxy) is 2. The van der Waals surface area contributed by atoms with Gasteiger partial charge in [-0.2, -0.15) is 0 Å². The SMILES string of the molecule is CCCCC/C=C\C/C=C\CCCCCCCCOCC(COP(=O)(O)OCC[N+](C)(C)C)OC(=O)CCCCCCC/C=C\CCCCCCC. The third-order valence-corrected chi connectivity index (χ3v) is 9.91. The maximum absolute atomic E-state index is 12.7. The van der Waals surface area contributed by atoms with Crippen LogP contribution in [0.2, 0.25) is 0 Å². The number of hydrogen-bond donors (Lipinski definition) is 1. The van der Waals surface area contributed by atoms with Gasteiger partial charge >= 0.3 is 13.8 Å². The molecule has 0 aliphatic heterocycles. The molecule has 306 valence electrons. The van der Waals surface area contributed by atoms with E-state index in [1.165, 1.54) is 96.3 Å². The van der Waals surface area contributed by atoms with Crippen molar-refractivity contribution in [1.29, 1.82) is 0 Å². The van der Waals surface area contributed by atoms with E-state index in [-0.39, 0.29) is 25.8 Å². The highest BCUT2D eigenvalue weighted by atomic mass is 31.2. The Morgan fingerprint density at radius 1 is 0.596 bits per heavy atom. The van der Waals surface area contributed by atoms with Gasteiger partial charge in [-0.25, -0.2) is 4.57 Å². The number of likely N-dealkylation sites (N-methyl/N-ethyl adjacent to an activating group) is 1. The van der Waals surface area contributed by atoms with Crippen molar-refractivity contribution in [2.45, 2.75) is 180 Å². The van der Waals surface area contributed by atoms with E-state index >= 15 is 0 Å². The van der Waals surface area contributed by atoms with Gasteiger partial charge in [0, 0.05) is 13.0 Å². The van der Waals surface area contributed by atoms with Gasteiger partial charge in [-0.3, -0.25) is 13.8 Å². The monoisotopic (exact) mass is 757 g/mol. The molecule has 1 N–H and O–H groups in total. The molecular weight excluding hydrogens is 673 g/mol. The van der Waals surface area contributed by atoms with Gasteiger partial charge in [0.05, 0.1) is 34.4 Å². The number of carbonyl (C=O) groups is 1. The maximum Gasteiger partial charge on any atom is 0.472 e. The molecule has 0 aromatic carbocycles. The Balaban J connectivity index is 4.29. The third kappa shape index (κ3) is 39.9. The van der Waals surface area contributed by atoms with E-state index < -0.39 is 13.9 Å². The second kappa shape index (κ2) is 36.7. The minimum atomic E-state index is -4.28. The van der Waals surface area contributed by atoms with E-state index in [4.69, 9.17) is 18.5 Å². The number of phosphoric acid groups is 1. The zero-order chi connectivity index (χ0) is 38.4. The van der Waals surface area contributed by atoms with E-state index in [1.807, 2.05) is 21.1 Å². The van der Waals surface area contributed by atoms with Crippen molar-refractivity contribution in [3.8, 4) is 0 Å². The summed E-state index contributed by atoms with van der Waals surface area (Å²) in [4.78, 5) is 22.8. The fourth-order valence-corrected chi connectivity index (χ4v) is 6.32. The molecule has 52 heavy (non-hydrogen) atoms. The summed E-state index contributed by atoms with van der Waals surface area (Å²) >= 11 is 0. The average molecular weight is 757 g/mol. The quantitative estimate of drug-likeness (QED) is 0.0219. The van der Waals surface area contributed by atoms with Crippen LogP contribution in [0.15, 0.2) is 36.5 Å². The van der Waals surface area contributed by atoms with Crippen LogP contribution in [0, 0.1) is 0 Å². The molecule has 0 spiro atoms. The van der Waals surface area contributed by atoms with Gasteiger partial charge in [-0.1, -0.05) is 134 Å². The number of phosphoric ester groups is 1. The molecular formula is C43H83NO7P+. The number of allylic oxidation sites excluding steroid dienone is 6. The van der Waals surface area contributed by atoms with Crippen LogP contribution in [0.4, 0.5) is 0 Å². The van der Waals surface area contributed by atoms with E-state index in [9.17, 15) is 14.3 Å². The molecule has 0 bridgehead atoms. The Morgan fingerprint density at radius 2 is 1.06 bits per heavy atom. The molecule has 0 aliphatic carbocycles. The van der Waals surface area contributed by atoms with Crippen LogP contribution >= 0.6 is 7.82 Å². The van der Waals surface area contributed by atoms with Gasteiger partial charge in [0.15, 0.2) is 0 Å². The summed E-state index contributed by atoms with van der Waals surface area (Å²) in [5.41, 5.74) is 0. The summed E-state index contributed by atoms with van der Waals surface area (Å²) in [5, 5.41) is 0. The lowest BCUT2D eigenvalue weighted by Gasteiger charge is -2.24. The van der Waals surface area contributed by atoms with Gasteiger partial charge < -0.3 is 18.9 Å². The normalized spacial score (nSPS) is 14.2. The van der Waals surface area contributed by atoms with E-state index in [0.717, 1.165) is 57.8 Å². The molecule has 0 aromatic rings. The van der Waals surface area contributed by atoms with E-state index in [1.54, 1.807) is 0 Å². The lowest BCUT2D eigenvalue weighted by atomic mass is 10.1. The van der Waals surface area contributed by atoms with Gasteiger partial charge in [0.25, 0.3) is 0 Å². The summed E-state index contributed by atoms with van der Waals surface area (Å²) in [5.74, 6) is -0.327. The molecule has 0 amide bonds. The topological polar surface area (TPSA) is 91.3 Å². The van der Waals surface area contributed by atoms with Gasteiger partial charge in [-0.05, 0) is 70.6 Å². The Bertz CT molecular complexity index is 931. The number of hydrogen-bond acceptors (Lipinski definition) is 6. The molecule has 0 saturated heterocycles. The van der Waals surface area contributed by atoms with Crippen LogP contribution in [0.1, 0.15) is 174 Å². The van der Waals surface area contributed by atoms with Crippen LogP contribution in [0.5, 0.6) is 0 Å². The van der Waals surface area contributed by atoms with Crippen molar-refractivity contribution in [3.63, 3.8) is 0 Å². The summed E-state index contributed by atoms with van der Waals surface area (Å²) in [6.45, 7) is 5.55. The first-order valence-corrected chi connectivity index (χ1v) is 22.7. The largest absolute Gasteiger partial charge is 0.472 e. The van der Waals surface area contributed by atoms with Crippen LogP contribution in [0.25, 0.3) is 0 Å². The highest BCUT2D eigenvalue weighted by Crippen LogP contribution is 2.43. The Morgan fingerprint density at radius 3 is 1.62 bits per heavy atom. The smallest absolute Gasteiger partial charge is 0.457 e. The molecule has 0 rings (SSSR count). The summed E-state index contributed by atoms with van der Waals surface area (Å²) in [7, 11) is 1.65. The Kier molecular flexibility index (Phi) is 35.8. The molecule has 0 fully saturated rings. The first-order valence-electron chi connectivity index (χ1n) is 21.2. The number of quaternary nitrogens is 1. The van der Waals surface area contributed by atoms with Crippen molar-refractivity contribution in [1.82, 2.24) is 0 Å². The van der Waals surface area contributed by atoms with Crippen molar-refractivity contribution in [3.05, 3.63) is 36.5 Å². The molecule has 8 nitrogen and oxygen atoms in total. The fourth-order valence-electron chi connectivity index (χ4n) is 5.58. The highest BCUT2D eigenvalue weighted by Gasteiger charge is 2.26. The van der Waals surface area contributed by atoms with Crippen LogP contribution in [-0.2, 0) is 27.9 Å². The Hall–Kier alpha value is -1.28. The fraction of sp³-hybridized carbons (Fsp3) is 0.837. The first-order chi connectivity index (χ1) is 25.1. The van der Waals surface area contributed by atoms with Crippen molar-refractivity contribution in [2.24, 2.45) is 0 Å². The van der Waals surface area contributed by atoms with Crippen molar-refractivity contribution >= 4 is 13.8 Å². The minimum absolute atomic E-state index is 0.0845. The molecule has 0 aromatic heterocycles. The van der Waals surface area contributed by atoms with Crippen LogP contribution < -0.4 is 0 Å². The zero-order valence-corrected chi connectivity index (χ0v) is 35.4. The van der Waals surface area contributed by atoms with E-state index in [2.05, 4.69) is 50.3 Å². The van der Waals surface area contributed by atoms with E-state index in [0.29, 0.717) is 24.1 Å². The number of unbranched alkanes of at least 4 members (excludes halogenated alkanes) is 19. The second-order valence-electron chi connectivity index (χ2n) is 15.4. The molecule has 2 atom stereocenters. The molecule has 9 heteroatoms. The van der Waals surface area contributed by atoms with Gasteiger partial charge in [0.1, 0.15) is 19.3 Å². The number of rotatable bonds is 39. The van der Waals surface area contributed by atoms with Crippen molar-refractivity contribution in [2.75, 3.05) is 54.1 Å². The van der Waals surface area contributed by atoms with Crippen molar-refractivity contribution < 1.29 is 37.3 Å². The predicted molar refractivity (Wildman–Crippen MR) is 220 cm³/mol. The van der Waals surface area contributed by atoms with Gasteiger partial charge in [0.2, 0.25) is 0 Å². The Labute approximate surface area is 321 Å². The first kappa shape index (κ1) is 50.7. The van der Waals surface area contributed by atoms with Gasteiger partial charge in [-0.15, -0.1) is 0 Å². The molecule has 2 unspecified atom stereocenters. The second-order valence-corrected chi connectivity index (χ2v) is 16.8. The number of nitrogens with zero attached hydrogens (tertiary/aromatic N) is 1.